The van der Waals surface area contributed by atoms with Crippen molar-refractivity contribution in [3.63, 3.8) is 0 Å². The molecule has 0 aromatic heterocycles. The lowest BCUT2D eigenvalue weighted by Gasteiger charge is -2.08. The predicted octanol–water partition coefficient (Wildman–Crippen LogP) is 3.54. The van der Waals surface area contributed by atoms with Crippen LogP contribution in [-0.2, 0) is 26.2 Å². The van der Waals surface area contributed by atoms with Crippen LogP contribution in [0.3, 0.4) is 0 Å². The fraction of sp³-hybridized carbons (Fsp3) is 0.188. The van der Waals surface area contributed by atoms with Gasteiger partial charge in [0.2, 0.25) is 10.0 Å². The molecular formula is C16H14Cl2FNO4S. The van der Waals surface area contributed by atoms with Crippen molar-refractivity contribution in [2.24, 2.45) is 0 Å². The topological polar surface area (TPSA) is 72.5 Å². The first-order chi connectivity index (χ1) is 11.8. The number of nitrogens with one attached hydrogen (secondary N) is 1. The summed E-state index contributed by atoms with van der Waals surface area (Å²) in [6, 6.07) is 9.36. The van der Waals surface area contributed by atoms with Crippen LogP contribution in [-0.4, -0.2) is 20.9 Å². The lowest BCUT2D eigenvalue weighted by molar-refractivity contribution is -0.144. The molecule has 2 rings (SSSR count). The highest BCUT2D eigenvalue weighted by Crippen LogP contribution is 2.18. The molecule has 9 heteroatoms. The molecule has 0 saturated carbocycles. The number of rotatable bonds is 7. The number of hydrogen-bond acceptors (Lipinski definition) is 4. The van der Waals surface area contributed by atoms with Gasteiger partial charge >= 0.3 is 5.97 Å². The minimum atomic E-state index is -3.73. The average Bonchev–Trinajstić information content (AvgIpc) is 2.54. The van der Waals surface area contributed by atoms with Crippen molar-refractivity contribution in [3.8, 4) is 0 Å². The summed E-state index contributed by atoms with van der Waals surface area (Å²) in [4.78, 5) is 11.7. The second-order valence-corrected chi connectivity index (χ2v) is 7.61. The predicted molar refractivity (Wildman–Crippen MR) is 92.5 cm³/mol. The van der Waals surface area contributed by atoms with Gasteiger partial charge in [-0.2, -0.15) is 0 Å². The van der Waals surface area contributed by atoms with E-state index in [1.807, 2.05) is 0 Å². The third-order valence-corrected chi connectivity index (χ3v) is 5.23. The van der Waals surface area contributed by atoms with Gasteiger partial charge in [-0.15, -0.1) is 0 Å². The van der Waals surface area contributed by atoms with Gasteiger partial charge in [0, 0.05) is 17.1 Å². The van der Waals surface area contributed by atoms with E-state index in [9.17, 15) is 17.6 Å². The Bertz CT molecular complexity index is 857. The maximum atomic E-state index is 12.9. The van der Waals surface area contributed by atoms with Crippen molar-refractivity contribution >= 4 is 39.2 Å². The lowest BCUT2D eigenvalue weighted by Crippen LogP contribution is -2.26. The molecule has 0 amide bonds. The van der Waals surface area contributed by atoms with E-state index >= 15 is 0 Å². The monoisotopic (exact) mass is 405 g/mol. The molecule has 0 atom stereocenters. The Morgan fingerprint density at radius 3 is 2.44 bits per heavy atom. The zero-order valence-electron chi connectivity index (χ0n) is 12.8. The third-order valence-electron chi connectivity index (χ3n) is 3.15. The molecule has 0 radical (unpaired) electrons. The third kappa shape index (κ3) is 5.97. The van der Waals surface area contributed by atoms with Crippen LogP contribution in [0.15, 0.2) is 47.4 Å². The summed E-state index contributed by atoms with van der Waals surface area (Å²) in [5, 5.41) is 0.568. The minimum absolute atomic E-state index is 0.0448. The van der Waals surface area contributed by atoms with Crippen LogP contribution in [0.1, 0.15) is 12.0 Å². The van der Waals surface area contributed by atoms with Crippen molar-refractivity contribution in [3.05, 3.63) is 63.9 Å². The molecule has 1 N–H and O–H groups in total. The van der Waals surface area contributed by atoms with Crippen LogP contribution in [0.4, 0.5) is 4.39 Å². The van der Waals surface area contributed by atoms with Gasteiger partial charge in [0.15, 0.2) is 0 Å². The molecule has 25 heavy (non-hydrogen) atoms. The first kappa shape index (κ1) is 19.7. The van der Waals surface area contributed by atoms with Crippen LogP contribution in [0.2, 0.25) is 10.0 Å². The number of esters is 1. The number of hydrogen-bond donors (Lipinski definition) is 1. The average molecular weight is 406 g/mol. The Morgan fingerprint density at radius 2 is 1.80 bits per heavy atom. The zero-order valence-corrected chi connectivity index (χ0v) is 15.2. The lowest BCUT2D eigenvalue weighted by atomic mass is 10.2. The van der Waals surface area contributed by atoms with Crippen molar-refractivity contribution in [2.75, 3.05) is 6.54 Å². The Hall–Kier alpha value is -1.67. The van der Waals surface area contributed by atoms with Crippen LogP contribution in [0.25, 0.3) is 0 Å². The molecular weight excluding hydrogens is 392 g/mol. The van der Waals surface area contributed by atoms with Gasteiger partial charge in [-0.25, -0.2) is 17.5 Å². The Labute approximate surface area is 154 Å². The molecule has 0 bridgehead atoms. The van der Waals surface area contributed by atoms with Gasteiger partial charge in [-0.1, -0.05) is 29.3 Å². The quantitative estimate of drug-likeness (QED) is 0.714. The van der Waals surface area contributed by atoms with Gasteiger partial charge in [-0.05, 0) is 36.4 Å². The molecule has 2 aromatic rings. The smallest absolute Gasteiger partial charge is 0.307 e. The fourth-order valence-corrected chi connectivity index (χ4v) is 3.23. The van der Waals surface area contributed by atoms with Crippen molar-refractivity contribution in [1.29, 1.82) is 0 Å². The highest BCUT2D eigenvalue weighted by molar-refractivity contribution is 7.89. The summed E-state index contributed by atoms with van der Waals surface area (Å²) < 4.78 is 44.2. The van der Waals surface area contributed by atoms with Gasteiger partial charge in [0.25, 0.3) is 0 Å². The van der Waals surface area contributed by atoms with E-state index < -0.39 is 21.8 Å². The second-order valence-electron chi connectivity index (χ2n) is 5.00. The SMILES string of the molecule is O=C(CCNS(=O)(=O)c1ccc(Cl)cc1)OCc1ccc(F)cc1Cl. The van der Waals surface area contributed by atoms with Crippen LogP contribution >= 0.6 is 23.2 Å². The van der Waals surface area contributed by atoms with Crippen LogP contribution < -0.4 is 4.72 Å². The van der Waals surface area contributed by atoms with Gasteiger partial charge in [-0.3, -0.25) is 4.79 Å². The minimum Gasteiger partial charge on any atom is -0.461 e. The number of carbonyl (C=O) groups is 1. The summed E-state index contributed by atoms with van der Waals surface area (Å²) in [6.45, 7) is -0.247. The molecule has 0 unspecified atom stereocenters. The van der Waals surface area contributed by atoms with E-state index in [-0.39, 0.29) is 29.5 Å². The summed E-state index contributed by atoms with van der Waals surface area (Å²) in [7, 11) is -3.73. The summed E-state index contributed by atoms with van der Waals surface area (Å²) in [5.41, 5.74) is 0.457. The first-order valence-corrected chi connectivity index (χ1v) is 9.36. The number of halogens is 3. The molecule has 0 spiro atoms. The van der Waals surface area contributed by atoms with Crippen molar-refractivity contribution < 1.29 is 22.3 Å². The number of sulfonamides is 1. The van der Waals surface area contributed by atoms with E-state index in [2.05, 4.69) is 4.72 Å². The molecule has 0 fully saturated rings. The van der Waals surface area contributed by atoms with E-state index in [1.54, 1.807) is 0 Å². The van der Waals surface area contributed by atoms with Gasteiger partial charge in [0.05, 0.1) is 16.3 Å². The molecule has 0 heterocycles. The maximum Gasteiger partial charge on any atom is 0.307 e. The highest BCUT2D eigenvalue weighted by atomic mass is 35.5. The van der Waals surface area contributed by atoms with E-state index in [0.717, 1.165) is 6.07 Å². The molecule has 0 aliphatic rings. The zero-order chi connectivity index (χ0) is 18.4. The van der Waals surface area contributed by atoms with Gasteiger partial charge < -0.3 is 4.74 Å². The molecule has 0 aliphatic carbocycles. The number of ether oxygens (including phenoxy) is 1. The Kier molecular flexibility index (Phi) is 6.78. The fourth-order valence-electron chi connectivity index (χ4n) is 1.85. The molecule has 5 nitrogen and oxygen atoms in total. The second kappa shape index (κ2) is 8.62. The number of benzene rings is 2. The normalized spacial score (nSPS) is 11.3. The molecule has 0 aliphatic heterocycles. The van der Waals surface area contributed by atoms with E-state index in [0.29, 0.717) is 10.6 Å². The Morgan fingerprint density at radius 1 is 1.12 bits per heavy atom. The standard InChI is InChI=1S/C16H14Cl2FNO4S/c17-12-2-5-14(6-3-12)25(22,23)20-8-7-16(21)24-10-11-1-4-13(19)9-15(11)18/h1-6,9,20H,7-8,10H2. The van der Waals surface area contributed by atoms with Crippen LogP contribution in [0, 0.1) is 5.82 Å². The summed E-state index contributed by atoms with van der Waals surface area (Å²) in [6.07, 6.45) is -0.161. The summed E-state index contributed by atoms with van der Waals surface area (Å²) in [5.74, 6) is -1.10. The Balaban J connectivity index is 1.81. The molecule has 0 saturated heterocycles. The highest BCUT2D eigenvalue weighted by Gasteiger charge is 2.14. The van der Waals surface area contributed by atoms with Crippen molar-refractivity contribution in [2.45, 2.75) is 17.9 Å². The summed E-state index contributed by atoms with van der Waals surface area (Å²) >= 11 is 11.5. The van der Waals surface area contributed by atoms with E-state index in [4.69, 9.17) is 27.9 Å². The number of carbonyl (C=O) groups excluding carboxylic acids is 1. The maximum absolute atomic E-state index is 12.9. The van der Waals surface area contributed by atoms with Gasteiger partial charge in [0.1, 0.15) is 12.4 Å². The first-order valence-electron chi connectivity index (χ1n) is 7.13. The molecule has 134 valence electrons. The molecule has 2 aromatic carbocycles. The largest absolute Gasteiger partial charge is 0.461 e. The van der Waals surface area contributed by atoms with Crippen LogP contribution in [0.5, 0.6) is 0 Å². The van der Waals surface area contributed by atoms with Crippen molar-refractivity contribution in [1.82, 2.24) is 4.72 Å². The van der Waals surface area contributed by atoms with E-state index in [1.165, 1.54) is 36.4 Å².